The first-order valence-electron chi connectivity index (χ1n) is 7.42. The molecule has 2 rings (SSSR count). The van der Waals surface area contributed by atoms with Gasteiger partial charge in [-0.3, -0.25) is 9.59 Å². The number of hydrogen-bond acceptors (Lipinski definition) is 6. The van der Waals surface area contributed by atoms with Crippen molar-refractivity contribution in [2.75, 3.05) is 0 Å². The Morgan fingerprint density at radius 2 is 1.48 bits per heavy atom. The summed E-state index contributed by atoms with van der Waals surface area (Å²) >= 11 is 0. The molecule has 0 aromatic heterocycles. The molecule has 0 aliphatic rings. The van der Waals surface area contributed by atoms with Gasteiger partial charge in [0.2, 0.25) is 0 Å². The Bertz CT molecular complexity index is 1020. The van der Waals surface area contributed by atoms with Crippen molar-refractivity contribution in [1.29, 1.82) is 0 Å². The standard InChI is InChI=1S/C18H14F2O6S/c1-4-11-5-7-12(8-6-11)26-17-15(19)13(9(2)21)18(27(23,24)25)14(10(3)22)16(17)20/h4-8H,1H2,2-3H3,(H,23,24,25)/p-1. The van der Waals surface area contributed by atoms with Crippen LogP contribution in [0.25, 0.3) is 6.08 Å². The van der Waals surface area contributed by atoms with Crippen molar-refractivity contribution in [2.45, 2.75) is 18.7 Å². The van der Waals surface area contributed by atoms with Gasteiger partial charge in [-0.05, 0) is 31.5 Å². The Hall–Kier alpha value is -2.91. The van der Waals surface area contributed by atoms with E-state index >= 15 is 0 Å². The van der Waals surface area contributed by atoms with Crippen molar-refractivity contribution in [3.8, 4) is 11.5 Å². The number of hydrogen-bond donors (Lipinski definition) is 0. The lowest BCUT2D eigenvalue weighted by Gasteiger charge is -2.19. The molecule has 0 spiro atoms. The SMILES string of the molecule is C=Cc1ccc(Oc2c(F)c(C(C)=O)c(S(=O)(=O)[O-])c(C(C)=O)c2F)cc1. The van der Waals surface area contributed by atoms with Crippen LogP contribution in [-0.2, 0) is 10.1 Å². The van der Waals surface area contributed by atoms with E-state index in [9.17, 15) is 31.3 Å². The van der Waals surface area contributed by atoms with Crippen molar-refractivity contribution in [1.82, 2.24) is 0 Å². The molecule has 0 aliphatic carbocycles. The predicted molar refractivity (Wildman–Crippen MR) is 90.9 cm³/mol. The second-order valence-corrected chi connectivity index (χ2v) is 6.79. The molecule has 0 atom stereocenters. The zero-order valence-electron chi connectivity index (χ0n) is 14.2. The summed E-state index contributed by atoms with van der Waals surface area (Å²) in [6.45, 7) is 5.10. The van der Waals surface area contributed by atoms with Gasteiger partial charge in [-0.1, -0.05) is 24.8 Å². The molecule has 0 saturated carbocycles. The summed E-state index contributed by atoms with van der Waals surface area (Å²) in [4.78, 5) is 22.0. The summed E-state index contributed by atoms with van der Waals surface area (Å²) in [6.07, 6.45) is 1.51. The topological polar surface area (TPSA) is 101 Å². The zero-order valence-corrected chi connectivity index (χ0v) is 15.0. The Kier molecular flexibility index (Phi) is 5.57. The van der Waals surface area contributed by atoms with Crippen LogP contribution >= 0.6 is 0 Å². The molecule has 0 fully saturated rings. The third-order valence-corrected chi connectivity index (χ3v) is 4.49. The van der Waals surface area contributed by atoms with Crippen LogP contribution in [0.5, 0.6) is 11.5 Å². The van der Waals surface area contributed by atoms with Gasteiger partial charge >= 0.3 is 0 Å². The number of rotatable bonds is 6. The number of halogens is 2. The molecule has 0 saturated heterocycles. The van der Waals surface area contributed by atoms with Gasteiger partial charge in [0.1, 0.15) is 15.9 Å². The van der Waals surface area contributed by atoms with Gasteiger partial charge in [-0.25, -0.2) is 17.2 Å². The maximum atomic E-state index is 14.7. The number of ether oxygens (including phenoxy) is 1. The van der Waals surface area contributed by atoms with Crippen LogP contribution in [0.1, 0.15) is 40.1 Å². The van der Waals surface area contributed by atoms with Gasteiger partial charge in [-0.2, -0.15) is 0 Å². The molecule has 2 aromatic rings. The summed E-state index contributed by atoms with van der Waals surface area (Å²) in [6, 6.07) is 5.73. The highest BCUT2D eigenvalue weighted by Gasteiger charge is 2.33. The fourth-order valence-corrected chi connectivity index (χ4v) is 3.37. The van der Waals surface area contributed by atoms with Crippen molar-refractivity contribution in [3.05, 3.63) is 59.2 Å². The molecule has 27 heavy (non-hydrogen) atoms. The minimum Gasteiger partial charge on any atom is -0.744 e. The Labute approximate surface area is 153 Å². The highest BCUT2D eigenvalue weighted by atomic mass is 32.2. The van der Waals surface area contributed by atoms with Crippen LogP contribution in [0.3, 0.4) is 0 Å². The molecule has 0 N–H and O–H groups in total. The van der Waals surface area contributed by atoms with E-state index in [1.54, 1.807) is 0 Å². The Balaban J connectivity index is 2.84. The average molecular weight is 395 g/mol. The second kappa shape index (κ2) is 7.37. The summed E-state index contributed by atoms with van der Waals surface area (Å²) in [7, 11) is -5.54. The van der Waals surface area contributed by atoms with E-state index in [-0.39, 0.29) is 5.75 Å². The predicted octanol–water partition coefficient (Wildman–Crippen LogP) is 3.71. The largest absolute Gasteiger partial charge is 0.744 e. The summed E-state index contributed by atoms with van der Waals surface area (Å²) in [5.74, 6) is -6.96. The first-order chi connectivity index (χ1) is 12.5. The highest BCUT2D eigenvalue weighted by Crippen LogP contribution is 2.37. The molecule has 0 amide bonds. The lowest BCUT2D eigenvalue weighted by Crippen LogP contribution is -2.18. The van der Waals surface area contributed by atoms with Gasteiger partial charge in [0, 0.05) is 0 Å². The van der Waals surface area contributed by atoms with Crippen molar-refractivity contribution in [2.24, 2.45) is 0 Å². The van der Waals surface area contributed by atoms with Crippen molar-refractivity contribution in [3.63, 3.8) is 0 Å². The minimum atomic E-state index is -5.54. The normalized spacial score (nSPS) is 11.1. The smallest absolute Gasteiger partial charge is 0.200 e. The molecule has 0 unspecified atom stereocenters. The molecule has 2 aromatic carbocycles. The molecule has 142 valence electrons. The first-order valence-corrected chi connectivity index (χ1v) is 8.83. The molecule has 0 bridgehead atoms. The second-order valence-electron chi connectivity index (χ2n) is 5.48. The van der Waals surface area contributed by atoms with E-state index in [0.29, 0.717) is 5.56 Å². The number of carbonyl (C=O) groups excluding carboxylic acids is 2. The molecule has 6 nitrogen and oxygen atoms in total. The van der Waals surface area contributed by atoms with Crippen LogP contribution in [-0.4, -0.2) is 24.5 Å². The fourth-order valence-electron chi connectivity index (χ4n) is 2.41. The van der Waals surface area contributed by atoms with E-state index in [1.165, 1.54) is 30.3 Å². The van der Waals surface area contributed by atoms with Crippen LogP contribution in [0.2, 0.25) is 0 Å². The van der Waals surface area contributed by atoms with Crippen LogP contribution < -0.4 is 4.74 Å². The summed E-state index contributed by atoms with van der Waals surface area (Å²) in [5, 5.41) is 0. The quantitative estimate of drug-likeness (QED) is 0.546. The molecule has 9 heteroatoms. The monoisotopic (exact) mass is 395 g/mol. The number of benzene rings is 2. The van der Waals surface area contributed by atoms with Gasteiger partial charge in [0.05, 0.1) is 16.0 Å². The molecule has 0 heterocycles. The van der Waals surface area contributed by atoms with Gasteiger partial charge < -0.3 is 9.29 Å². The highest BCUT2D eigenvalue weighted by molar-refractivity contribution is 7.86. The first kappa shape index (κ1) is 20.4. The number of carbonyl (C=O) groups is 2. The van der Waals surface area contributed by atoms with Crippen molar-refractivity contribution >= 4 is 27.8 Å². The van der Waals surface area contributed by atoms with Crippen molar-refractivity contribution < 1.29 is 36.1 Å². The number of Topliss-reactive ketones (excluding diaryl/α,β-unsaturated/α-hetero) is 2. The van der Waals surface area contributed by atoms with Gasteiger partial charge in [0.15, 0.2) is 29.0 Å². The van der Waals surface area contributed by atoms with Crippen LogP contribution in [0.15, 0.2) is 35.7 Å². The van der Waals surface area contributed by atoms with E-state index < -0.39 is 55.1 Å². The fraction of sp³-hybridized carbons (Fsp3) is 0.111. The molecule has 0 aliphatic heterocycles. The molecule has 0 radical (unpaired) electrons. The third kappa shape index (κ3) is 3.93. The van der Waals surface area contributed by atoms with Gasteiger partial charge in [0.25, 0.3) is 0 Å². The van der Waals surface area contributed by atoms with Gasteiger partial charge in [-0.15, -0.1) is 0 Å². The van der Waals surface area contributed by atoms with Crippen LogP contribution in [0.4, 0.5) is 8.78 Å². The lowest BCUT2D eigenvalue weighted by atomic mass is 10.0. The molecular formula is C18H13F2O6S-. The summed E-state index contributed by atoms with van der Waals surface area (Å²) < 4.78 is 69.0. The Morgan fingerprint density at radius 3 is 1.81 bits per heavy atom. The van der Waals surface area contributed by atoms with Crippen LogP contribution in [0, 0.1) is 11.6 Å². The van der Waals surface area contributed by atoms with E-state index in [1.807, 2.05) is 0 Å². The van der Waals surface area contributed by atoms with E-state index in [0.717, 1.165) is 13.8 Å². The maximum absolute atomic E-state index is 14.7. The maximum Gasteiger partial charge on any atom is 0.200 e. The zero-order chi connectivity index (χ0) is 20.5. The number of ketones is 2. The third-order valence-electron chi connectivity index (χ3n) is 3.58. The Morgan fingerprint density at radius 1 is 1.04 bits per heavy atom. The lowest BCUT2D eigenvalue weighted by molar-refractivity contribution is 0.100. The summed E-state index contributed by atoms with van der Waals surface area (Å²) in [5.41, 5.74) is -1.77. The molecular weight excluding hydrogens is 382 g/mol. The minimum absolute atomic E-state index is 0.0554. The van der Waals surface area contributed by atoms with E-state index in [4.69, 9.17) is 4.74 Å². The van der Waals surface area contributed by atoms with E-state index in [2.05, 4.69) is 6.58 Å². The average Bonchev–Trinajstić information content (AvgIpc) is 2.57.